The number of hydrogen-bond donors (Lipinski definition) is 2. The zero-order chi connectivity index (χ0) is 15.7. The third-order valence-electron chi connectivity index (χ3n) is 3.92. The summed E-state index contributed by atoms with van der Waals surface area (Å²) in [6.07, 6.45) is 2.26. The number of nitrogens with two attached hydrogens (primary N) is 1. The maximum atomic E-state index is 12.4. The van der Waals surface area contributed by atoms with Crippen molar-refractivity contribution < 1.29 is 4.79 Å². The molecule has 6 nitrogen and oxygen atoms in total. The van der Waals surface area contributed by atoms with E-state index in [1.54, 1.807) is 4.68 Å². The van der Waals surface area contributed by atoms with E-state index in [0.29, 0.717) is 23.9 Å². The summed E-state index contributed by atoms with van der Waals surface area (Å²) in [7, 11) is 0. The van der Waals surface area contributed by atoms with E-state index >= 15 is 0 Å². The van der Waals surface area contributed by atoms with Gasteiger partial charge in [0.15, 0.2) is 5.69 Å². The van der Waals surface area contributed by atoms with Crippen molar-refractivity contribution in [3.05, 3.63) is 40.1 Å². The molecule has 1 unspecified atom stereocenters. The monoisotopic (exact) mass is 363 g/mol. The first-order valence-electron chi connectivity index (χ1n) is 7.29. The lowest BCUT2D eigenvalue weighted by Gasteiger charge is -2.15. The summed E-state index contributed by atoms with van der Waals surface area (Å²) in [6, 6.07) is 7.72. The average Bonchev–Trinajstić information content (AvgIpc) is 3.27. The fraction of sp³-hybridized carbons (Fsp3) is 0.400. The van der Waals surface area contributed by atoms with Gasteiger partial charge >= 0.3 is 0 Å². The molecule has 1 amide bonds. The van der Waals surface area contributed by atoms with Gasteiger partial charge in [-0.25, -0.2) is 4.68 Å². The smallest absolute Gasteiger partial charge is 0.274 e. The van der Waals surface area contributed by atoms with E-state index in [1.165, 1.54) is 0 Å². The van der Waals surface area contributed by atoms with Crippen LogP contribution in [0.5, 0.6) is 0 Å². The summed E-state index contributed by atoms with van der Waals surface area (Å²) < 4.78 is 2.61. The highest BCUT2D eigenvalue weighted by Crippen LogP contribution is 2.32. The molecule has 0 aliphatic heterocycles. The minimum absolute atomic E-state index is 0.0305. The molecule has 0 saturated heterocycles. The number of nitrogens with one attached hydrogen (secondary N) is 1. The number of halogens is 1. The maximum absolute atomic E-state index is 12.4. The molecule has 7 heteroatoms. The van der Waals surface area contributed by atoms with Crippen molar-refractivity contribution in [2.75, 3.05) is 6.54 Å². The second-order valence-electron chi connectivity index (χ2n) is 5.57. The first-order chi connectivity index (χ1) is 10.6. The third-order valence-corrected chi connectivity index (χ3v) is 4.42. The summed E-state index contributed by atoms with van der Waals surface area (Å²) >= 11 is 3.43. The van der Waals surface area contributed by atoms with Crippen LogP contribution < -0.4 is 11.1 Å². The van der Waals surface area contributed by atoms with Crippen molar-refractivity contribution in [3.63, 3.8) is 0 Å². The summed E-state index contributed by atoms with van der Waals surface area (Å²) in [5.74, 6) is 0.301. The first-order valence-corrected chi connectivity index (χ1v) is 8.08. The fourth-order valence-electron chi connectivity index (χ4n) is 2.50. The van der Waals surface area contributed by atoms with Gasteiger partial charge in [0.1, 0.15) is 0 Å². The number of carbonyl (C=O) groups excluding carboxylic acids is 1. The van der Waals surface area contributed by atoms with Crippen LogP contribution in [-0.4, -0.2) is 33.5 Å². The Labute approximate surface area is 137 Å². The Morgan fingerprint density at radius 3 is 2.95 bits per heavy atom. The van der Waals surface area contributed by atoms with Crippen LogP contribution in [0.1, 0.15) is 29.0 Å². The van der Waals surface area contributed by atoms with E-state index in [2.05, 4.69) is 31.6 Å². The molecule has 1 aromatic heterocycles. The highest BCUT2D eigenvalue weighted by molar-refractivity contribution is 9.10. The fourth-order valence-corrected chi connectivity index (χ4v) is 2.88. The Bertz CT molecular complexity index is 695. The summed E-state index contributed by atoms with van der Waals surface area (Å²) in [6.45, 7) is 2.29. The summed E-state index contributed by atoms with van der Waals surface area (Å²) in [5, 5.41) is 11.1. The molecule has 22 heavy (non-hydrogen) atoms. The number of carbonyl (C=O) groups is 1. The number of nitrogens with zero attached hydrogens (tertiary/aromatic N) is 3. The van der Waals surface area contributed by atoms with Crippen molar-refractivity contribution in [1.29, 1.82) is 0 Å². The van der Waals surface area contributed by atoms with Crippen LogP contribution >= 0.6 is 15.9 Å². The van der Waals surface area contributed by atoms with Crippen LogP contribution in [0.25, 0.3) is 5.69 Å². The predicted molar refractivity (Wildman–Crippen MR) is 86.8 cm³/mol. The SMILES string of the molecule is Cc1c(C(=O)NC(CN)C2CC2)nnn1-c1cccc(Br)c1. The molecule has 1 aliphatic carbocycles. The molecule has 1 saturated carbocycles. The van der Waals surface area contributed by atoms with Gasteiger partial charge in [-0.15, -0.1) is 5.10 Å². The first kappa shape index (κ1) is 15.2. The molecule has 0 bridgehead atoms. The van der Waals surface area contributed by atoms with E-state index in [-0.39, 0.29) is 11.9 Å². The van der Waals surface area contributed by atoms with Crippen molar-refractivity contribution in [2.45, 2.75) is 25.8 Å². The van der Waals surface area contributed by atoms with Gasteiger partial charge in [0, 0.05) is 17.1 Å². The van der Waals surface area contributed by atoms with Gasteiger partial charge in [0.05, 0.1) is 11.4 Å². The maximum Gasteiger partial charge on any atom is 0.274 e. The molecule has 1 fully saturated rings. The largest absolute Gasteiger partial charge is 0.346 e. The normalized spacial score (nSPS) is 15.6. The lowest BCUT2D eigenvalue weighted by molar-refractivity contribution is 0.0927. The Morgan fingerprint density at radius 2 is 2.32 bits per heavy atom. The van der Waals surface area contributed by atoms with Crippen molar-refractivity contribution >= 4 is 21.8 Å². The summed E-state index contributed by atoms with van der Waals surface area (Å²) in [5.41, 5.74) is 7.64. The van der Waals surface area contributed by atoms with E-state index in [0.717, 1.165) is 23.0 Å². The molecule has 1 atom stereocenters. The van der Waals surface area contributed by atoms with Gasteiger partial charge in [0.25, 0.3) is 5.91 Å². The molecule has 2 aromatic rings. The van der Waals surface area contributed by atoms with Crippen molar-refractivity contribution in [2.24, 2.45) is 11.7 Å². The number of hydrogen-bond acceptors (Lipinski definition) is 4. The van der Waals surface area contributed by atoms with Crippen LogP contribution in [0.4, 0.5) is 0 Å². The minimum Gasteiger partial charge on any atom is -0.346 e. The molecule has 1 heterocycles. The minimum atomic E-state index is -0.207. The molecule has 0 radical (unpaired) electrons. The lowest BCUT2D eigenvalue weighted by atomic mass is 10.2. The molecule has 0 spiro atoms. The van der Waals surface area contributed by atoms with Gasteiger partial charge in [-0.2, -0.15) is 0 Å². The molecular formula is C15H18BrN5O. The second-order valence-corrected chi connectivity index (χ2v) is 6.48. The number of benzene rings is 1. The van der Waals surface area contributed by atoms with Crippen LogP contribution in [0.2, 0.25) is 0 Å². The molecular weight excluding hydrogens is 346 g/mol. The second kappa shape index (κ2) is 6.18. The van der Waals surface area contributed by atoms with E-state index in [4.69, 9.17) is 5.73 Å². The van der Waals surface area contributed by atoms with Gasteiger partial charge < -0.3 is 11.1 Å². The lowest BCUT2D eigenvalue weighted by Crippen LogP contribution is -2.42. The van der Waals surface area contributed by atoms with Crippen LogP contribution in [0.3, 0.4) is 0 Å². The van der Waals surface area contributed by atoms with Gasteiger partial charge in [-0.3, -0.25) is 4.79 Å². The van der Waals surface area contributed by atoms with Gasteiger partial charge in [0.2, 0.25) is 0 Å². The van der Waals surface area contributed by atoms with Crippen molar-refractivity contribution in [1.82, 2.24) is 20.3 Å². The molecule has 3 rings (SSSR count). The van der Waals surface area contributed by atoms with Crippen LogP contribution in [0.15, 0.2) is 28.7 Å². The predicted octanol–water partition coefficient (Wildman–Crippen LogP) is 1.81. The van der Waals surface area contributed by atoms with Crippen molar-refractivity contribution in [3.8, 4) is 5.69 Å². The van der Waals surface area contributed by atoms with E-state index in [9.17, 15) is 4.79 Å². The average molecular weight is 364 g/mol. The number of rotatable bonds is 5. The zero-order valence-electron chi connectivity index (χ0n) is 12.3. The van der Waals surface area contributed by atoms with E-state index < -0.39 is 0 Å². The van der Waals surface area contributed by atoms with E-state index in [1.807, 2.05) is 31.2 Å². The highest BCUT2D eigenvalue weighted by Gasteiger charge is 2.32. The molecule has 1 aromatic carbocycles. The molecule has 3 N–H and O–H groups in total. The van der Waals surface area contributed by atoms with Gasteiger partial charge in [-0.05, 0) is 43.9 Å². The molecule has 1 aliphatic rings. The highest BCUT2D eigenvalue weighted by atomic mass is 79.9. The van der Waals surface area contributed by atoms with Crippen LogP contribution in [-0.2, 0) is 0 Å². The molecule has 116 valence electrons. The standard InChI is InChI=1S/C15H18BrN5O/c1-9-14(15(22)18-13(8-17)10-5-6-10)19-20-21(9)12-4-2-3-11(16)7-12/h2-4,7,10,13H,5-6,8,17H2,1H3,(H,18,22). The Balaban J connectivity index is 1.82. The van der Waals surface area contributed by atoms with Crippen LogP contribution in [0, 0.1) is 12.8 Å². The number of aromatic nitrogens is 3. The number of amides is 1. The third kappa shape index (κ3) is 3.05. The van der Waals surface area contributed by atoms with Gasteiger partial charge in [-0.1, -0.05) is 27.2 Å². The Morgan fingerprint density at radius 1 is 1.55 bits per heavy atom. The summed E-state index contributed by atoms with van der Waals surface area (Å²) in [4.78, 5) is 12.4. The Hall–Kier alpha value is -1.73. The quantitative estimate of drug-likeness (QED) is 0.847. The topological polar surface area (TPSA) is 85.8 Å². The Kier molecular flexibility index (Phi) is 4.26. The zero-order valence-corrected chi connectivity index (χ0v) is 13.9.